The number of aliphatic imine (C=N–C) groups is 1. The van der Waals surface area contributed by atoms with Crippen molar-refractivity contribution in [3.63, 3.8) is 0 Å². The van der Waals surface area contributed by atoms with E-state index in [1.54, 1.807) is 19.9 Å². The number of aliphatic carboxylic acids is 1. The molecule has 0 aliphatic heterocycles. The van der Waals surface area contributed by atoms with E-state index >= 15 is 0 Å². The van der Waals surface area contributed by atoms with Crippen LogP contribution in [0.3, 0.4) is 0 Å². The maximum atomic E-state index is 10.4. The monoisotopic (exact) mass is 313 g/mol. The molecule has 0 rings (SSSR count). The van der Waals surface area contributed by atoms with Crippen LogP contribution in [0.2, 0.25) is 0 Å². The van der Waals surface area contributed by atoms with Crippen LogP contribution in [0.25, 0.3) is 0 Å². The first-order chi connectivity index (χ1) is 10.4. The molecule has 0 spiro atoms. The van der Waals surface area contributed by atoms with Crippen LogP contribution in [0, 0.1) is 0 Å². The Kier molecular flexibility index (Phi) is 15.2. The van der Waals surface area contributed by atoms with E-state index in [1.807, 2.05) is 0 Å². The summed E-state index contributed by atoms with van der Waals surface area (Å²) in [6, 6.07) is 0. The molecule has 0 bridgehead atoms. The lowest BCUT2D eigenvalue weighted by Crippen LogP contribution is -2.03. The quantitative estimate of drug-likeness (QED) is 0.229. The first-order valence-electron chi connectivity index (χ1n) is 6.70. The molecular weight excluding hydrogens is 290 g/mol. The standard InChI is InChI=1S/C9H13NO4.C6H10O2/c1-8(9(12)13)3-2-5-14-6-4-10-7-11;1-4-8-6(7)5(2)3/h3H,2,4-6H2,1H3,(H,12,13);2,4H2,1,3H3. The molecule has 0 saturated heterocycles. The van der Waals surface area contributed by atoms with Crippen molar-refractivity contribution >= 4 is 18.0 Å². The van der Waals surface area contributed by atoms with Crippen LogP contribution in [0.15, 0.2) is 28.8 Å². The van der Waals surface area contributed by atoms with E-state index in [0.29, 0.717) is 43.9 Å². The number of carboxylic acids is 1. The Hall–Kier alpha value is -2.24. The third-order valence-electron chi connectivity index (χ3n) is 2.09. The number of hydrogen-bond donors (Lipinski definition) is 1. The minimum Gasteiger partial charge on any atom is -0.478 e. The molecule has 7 heteroatoms. The highest BCUT2D eigenvalue weighted by atomic mass is 16.5. The predicted molar refractivity (Wildman–Crippen MR) is 81.3 cm³/mol. The average Bonchev–Trinajstić information content (AvgIpc) is 2.46. The summed E-state index contributed by atoms with van der Waals surface area (Å²) in [5.41, 5.74) is 0.756. The minimum atomic E-state index is -0.921. The van der Waals surface area contributed by atoms with Crippen LogP contribution < -0.4 is 0 Å². The van der Waals surface area contributed by atoms with Gasteiger partial charge in [-0.2, -0.15) is 0 Å². The van der Waals surface area contributed by atoms with E-state index < -0.39 is 5.97 Å². The van der Waals surface area contributed by atoms with Crippen LogP contribution in [-0.2, 0) is 23.9 Å². The van der Waals surface area contributed by atoms with Crippen LogP contribution in [-0.4, -0.2) is 49.5 Å². The SMILES string of the molecule is C=C(C)C(=O)OCC.CC(=CCCOCCN=C=O)C(=O)O. The van der Waals surface area contributed by atoms with Crippen molar-refractivity contribution in [3.05, 3.63) is 23.8 Å². The molecule has 0 unspecified atom stereocenters. The summed E-state index contributed by atoms with van der Waals surface area (Å²) in [7, 11) is 0. The molecule has 0 radical (unpaired) electrons. The molecule has 7 nitrogen and oxygen atoms in total. The second kappa shape index (κ2) is 15.2. The zero-order valence-corrected chi connectivity index (χ0v) is 13.3. The van der Waals surface area contributed by atoms with Gasteiger partial charge in [-0.25, -0.2) is 19.4 Å². The molecule has 0 aliphatic rings. The highest BCUT2D eigenvalue weighted by Crippen LogP contribution is 1.95. The van der Waals surface area contributed by atoms with Gasteiger partial charge in [0.05, 0.1) is 26.4 Å². The van der Waals surface area contributed by atoms with Gasteiger partial charge in [0.2, 0.25) is 6.08 Å². The third-order valence-corrected chi connectivity index (χ3v) is 2.09. The fourth-order valence-electron chi connectivity index (χ4n) is 0.958. The van der Waals surface area contributed by atoms with E-state index in [2.05, 4.69) is 16.3 Å². The summed E-state index contributed by atoms with van der Waals surface area (Å²) in [6.45, 7) is 9.82. The molecule has 0 atom stereocenters. The van der Waals surface area contributed by atoms with Gasteiger partial charge in [0, 0.05) is 11.1 Å². The molecule has 124 valence electrons. The van der Waals surface area contributed by atoms with Crippen molar-refractivity contribution in [1.82, 2.24) is 0 Å². The smallest absolute Gasteiger partial charge is 0.333 e. The molecular formula is C15H23NO6. The lowest BCUT2D eigenvalue weighted by atomic mass is 10.2. The van der Waals surface area contributed by atoms with E-state index in [-0.39, 0.29) is 5.97 Å². The maximum absolute atomic E-state index is 10.4. The number of hydrogen-bond acceptors (Lipinski definition) is 6. The van der Waals surface area contributed by atoms with Gasteiger partial charge >= 0.3 is 11.9 Å². The summed E-state index contributed by atoms with van der Waals surface area (Å²) >= 11 is 0. The Morgan fingerprint density at radius 3 is 2.36 bits per heavy atom. The van der Waals surface area contributed by atoms with Crippen LogP contribution >= 0.6 is 0 Å². The normalized spacial score (nSPS) is 9.86. The number of isocyanates is 1. The number of carboxylic acid groups (broad SMARTS) is 1. The lowest BCUT2D eigenvalue weighted by Gasteiger charge is -1.98. The highest BCUT2D eigenvalue weighted by molar-refractivity contribution is 5.86. The number of nitrogens with zero attached hydrogens (tertiary/aromatic N) is 1. The zero-order valence-electron chi connectivity index (χ0n) is 13.3. The maximum Gasteiger partial charge on any atom is 0.333 e. The van der Waals surface area contributed by atoms with Crippen molar-refractivity contribution < 1.29 is 29.0 Å². The highest BCUT2D eigenvalue weighted by Gasteiger charge is 1.98. The predicted octanol–water partition coefficient (Wildman–Crippen LogP) is 1.89. The zero-order chi connectivity index (χ0) is 17.4. The molecule has 0 aliphatic carbocycles. The van der Waals surface area contributed by atoms with Crippen molar-refractivity contribution in [3.8, 4) is 0 Å². The molecule has 0 aromatic rings. The summed E-state index contributed by atoms with van der Waals surface area (Å²) in [4.78, 5) is 33.7. The molecule has 0 fully saturated rings. The Bertz CT molecular complexity index is 435. The van der Waals surface area contributed by atoms with Crippen LogP contribution in [0.4, 0.5) is 0 Å². The molecule has 0 aromatic heterocycles. The number of rotatable bonds is 9. The Balaban J connectivity index is 0. The second-order valence-electron chi connectivity index (χ2n) is 4.07. The van der Waals surface area contributed by atoms with Gasteiger partial charge in [-0.3, -0.25) is 0 Å². The fraction of sp³-hybridized carbons (Fsp3) is 0.533. The summed E-state index contributed by atoms with van der Waals surface area (Å²) in [5, 5.41) is 8.49. The Morgan fingerprint density at radius 2 is 1.95 bits per heavy atom. The first kappa shape index (κ1) is 22.0. The summed E-state index contributed by atoms with van der Waals surface area (Å²) < 4.78 is 9.62. The fourth-order valence-corrected chi connectivity index (χ4v) is 0.958. The molecule has 22 heavy (non-hydrogen) atoms. The van der Waals surface area contributed by atoms with Crippen LogP contribution in [0.1, 0.15) is 27.2 Å². The summed E-state index contributed by atoms with van der Waals surface area (Å²) in [5.74, 6) is -1.23. The van der Waals surface area contributed by atoms with Gasteiger partial charge in [0.25, 0.3) is 0 Å². The van der Waals surface area contributed by atoms with Crippen LogP contribution in [0.5, 0.6) is 0 Å². The average molecular weight is 313 g/mol. The Morgan fingerprint density at radius 1 is 1.32 bits per heavy atom. The van der Waals surface area contributed by atoms with Crippen molar-refractivity contribution in [2.75, 3.05) is 26.4 Å². The van der Waals surface area contributed by atoms with Gasteiger partial charge in [-0.1, -0.05) is 12.7 Å². The van der Waals surface area contributed by atoms with E-state index in [9.17, 15) is 14.4 Å². The van der Waals surface area contributed by atoms with Gasteiger partial charge in [0.15, 0.2) is 0 Å². The van der Waals surface area contributed by atoms with Crippen molar-refractivity contribution in [2.24, 2.45) is 4.99 Å². The third kappa shape index (κ3) is 15.8. The van der Waals surface area contributed by atoms with Crippen molar-refractivity contribution in [1.29, 1.82) is 0 Å². The number of ether oxygens (including phenoxy) is 2. The lowest BCUT2D eigenvalue weighted by molar-refractivity contribution is -0.138. The molecule has 0 amide bonds. The number of carbonyl (C=O) groups is 2. The topological polar surface area (TPSA) is 102 Å². The van der Waals surface area contributed by atoms with Crippen molar-refractivity contribution in [2.45, 2.75) is 27.2 Å². The van der Waals surface area contributed by atoms with E-state index in [4.69, 9.17) is 9.84 Å². The number of carbonyl (C=O) groups excluding carboxylic acids is 2. The van der Waals surface area contributed by atoms with Gasteiger partial charge in [0.1, 0.15) is 0 Å². The van der Waals surface area contributed by atoms with Gasteiger partial charge in [-0.15, -0.1) is 0 Å². The van der Waals surface area contributed by atoms with Gasteiger partial charge in [-0.05, 0) is 27.2 Å². The molecule has 0 aromatic carbocycles. The molecule has 0 saturated carbocycles. The molecule has 1 N–H and O–H groups in total. The first-order valence-corrected chi connectivity index (χ1v) is 6.70. The summed E-state index contributed by atoms with van der Waals surface area (Å²) in [6.07, 6.45) is 3.53. The van der Waals surface area contributed by atoms with E-state index in [1.165, 1.54) is 13.0 Å². The second-order valence-corrected chi connectivity index (χ2v) is 4.07. The molecule has 0 heterocycles. The largest absolute Gasteiger partial charge is 0.478 e. The van der Waals surface area contributed by atoms with E-state index in [0.717, 1.165) is 0 Å². The Labute approximate surface area is 130 Å². The minimum absolute atomic E-state index is 0.297. The van der Waals surface area contributed by atoms with Gasteiger partial charge < -0.3 is 14.6 Å². The number of esters is 1.